The summed E-state index contributed by atoms with van der Waals surface area (Å²) >= 11 is 0. The van der Waals surface area contributed by atoms with Crippen molar-refractivity contribution >= 4 is 17.6 Å². The average Bonchev–Trinajstić information content (AvgIpc) is 3.22. The summed E-state index contributed by atoms with van der Waals surface area (Å²) in [6.07, 6.45) is 3.29. The fourth-order valence-corrected chi connectivity index (χ4v) is 1.72. The summed E-state index contributed by atoms with van der Waals surface area (Å²) in [5, 5.41) is 8.12. The van der Waals surface area contributed by atoms with E-state index in [1.807, 2.05) is 0 Å². The van der Waals surface area contributed by atoms with Gasteiger partial charge in [-0.25, -0.2) is 9.37 Å². The van der Waals surface area contributed by atoms with Gasteiger partial charge in [0.2, 0.25) is 5.91 Å². The maximum atomic E-state index is 13.1. The molecule has 6 nitrogen and oxygen atoms in total. The van der Waals surface area contributed by atoms with Crippen molar-refractivity contribution in [2.24, 2.45) is 0 Å². The standard InChI is InChI=1S/C13H17FN4O2/c1-15-12-10(6-8(14)7-17-12)13(20)16-5-4-11(19)18-9-2-3-9/h6-7,9H,2-5H2,1H3,(H,15,17)(H,16,20)(H,18,19). The molecular formula is C13H17FN4O2. The molecule has 0 spiro atoms. The Morgan fingerprint density at radius 2 is 2.20 bits per heavy atom. The van der Waals surface area contributed by atoms with E-state index in [9.17, 15) is 14.0 Å². The van der Waals surface area contributed by atoms with E-state index in [1.165, 1.54) is 0 Å². The minimum Gasteiger partial charge on any atom is -0.372 e. The number of hydrogen-bond acceptors (Lipinski definition) is 4. The van der Waals surface area contributed by atoms with Gasteiger partial charge in [-0.15, -0.1) is 0 Å². The number of nitrogens with one attached hydrogen (secondary N) is 3. The smallest absolute Gasteiger partial charge is 0.255 e. The quantitative estimate of drug-likeness (QED) is 0.715. The van der Waals surface area contributed by atoms with Gasteiger partial charge in [0.15, 0.2) is 0 Å². The van der Waals surface area contributed by atoms with Crippen molar-refractivity contribution in [2.45, 2.75) is 25.3 Å². The van der Waals surface area contributed by atoms with Crippen LogP contribution in [0.15, 0.2) is 12.3 Å². The Morgan fingerprint density at radius 1 is 1.45 bits per heavy atom. The second kappa shape index (κ2) is 6.31. The molecule has 1 aromatic heterocycles. The van der Waals surface area contributed by atoms with Crippen LogP contribution >= 0.6 is 0 Å². The zero-order valence-electron chi connectivity index (χ0n) is 11.2. The summed E-state index contributed by atoms with van der Waals surface area (Å²) in [7, 11) is 1.60. The van der Waals surface area contributed by atoms with Crippen molar-refractivity contribution in [1.82, 2.24) is 15.6 Å². The number of carbonyl (C=O) groups is 2. The van der Waals surface area contributed by atoms with Gasteiger partial charge in [0, 0.05) is 26.1 Å². The van der Waals surface area contributed by atoms with Crippen LogP contribution in [0.3, 0.4) is 0 Å². The highest BCUT2D eigenvalue weighted by Gasteiger charge is 2.23. The van der Waals surface area contributed by atoms with Crippen LogP contribution in [0, 0.1) is 5.82 Å². The van der Waals surface area contributed by atoms with Crippen LogP contribution in [-0.2, 0) is 4.79 Å². The minimum absolute atomic E-state index is 0.0843. The van der Waals surface area contributed by atoms with Gasteiger partial charge < -0.3 is 16.0 Å². The van der Waals surface area contributed by atoms with Gasteiger partial charge in [-0.1, -0.05) is 0 Å². The Morgan fingerprint density at radius 3 is 2.85 bits per heavy atom. The van der Waals surface area contributed by atoms with E-state index < -0.39 is 11.7 Å². The molecule has 0 aromatic carbocycles. The highest BCUT2D eigenvalue weighted by molar-refractivity contribution is 5.98. The summed E-state index contributed by atoms with van der Waals surface area (Å²) in [6.45, 7) is 0.205. The van der Waals surface area contributed by atoms with Crippen molar-refractivity contribution in [3.63, 3.8) is 0 Å². The van der Waals surface area contributed by atoms with Crippen LogP contribution in [0.1, 0.15) is 29.6 Å². The van der Waals surface area contributed by atoms with Gasteiger partial charge in [-0.3, -0.25) is 9.59 Å². The van der Waals surface area contributed by atoms with Crippen LogP contribution in [0.2, 0.25) is 0 Å². The molecule has 0 aliphatic heterocycles. The van der Waals surface area contributed by atoms with Gasteiger partial charge in [-0.2, -0.15) is 0 Å². The van der Waals surface area contributed by atoms with E-state index in [1.54, 1.807) is 7.05 Å². The van der Waals surface area contributed by atoms with Crippen LogP contribution in [0.5, 0.6) is 0 Å². The average molecular weight is 280 g/mol. The Bertz CT molecular complexity index is 517. The molecule has 1 saturated carbocycles. The highest BCUT2D eigenvalue weighted by atomic mass is 19.1. The molecular weight excluding hydrogens is 263 g/mol. The summed E-state index contributed by atoms with van der Waals surface area (Å²) in [4.78, 5) is 27.1. The first kappa shape index (κ1) is 14.2. The van der Waals surface area contributed by atoms with E-state index in [4.69, 9.17) is 0 Å². The number of anilines is 1. The van der Waals surface area contributed by atoms with Gasteiger partial charge >= 0.3 is 0 Å². The molecule has 0 bridgehead atoms. The second-order valence-electron chi connectivity index (χ2n) is 4.65. The molecule has 0 unspecified atom stereocenters. The van der Waals surface area contributed by atoms with E-state index in [0.717, 1.165) is 25.1 Å². The Labute approximate surface area is 116 Å². The Kier molecular flexibility index (Phi) is 4.49. The van der Waals surface area contributed by atoms with E-state index in [2.05, 4.69) is 20.9 Å². The predicted octanol–water partition coefficient (Wildman–Crippen LogP) is 0.661. The first-order valence-electron chi connectivity index (χ1n) is 6.51. The number of carbonyl (C=O) groups excluding carboxylic acids is 2. The largest absolute Gasteiger partial charge is 0.372 e. The van der Waals surface area contributed by atoms with Gasteiger partial charge in [0.25, 0.3) is 5.91 Å². The topological polar surface area (TPSA) is 83.1 Å². The van der Waals surface area contributed by atoms with E-state index in [0.29, 0.717) is 11.9 Å². The molecule has 1 fully saturated rings. The van der Waals surface area contributed by atoms with Crippen molar-refractivity contribution < 1.29 is 14.0 Å². The Balaban J connectivity index is 1.84. The van der Waals surface area contributed by atoms with Crippen molar-refractivity contribution in [3.05, 3.63) is 23.6 Å². The minimum atomic E-state index is -0.583. The number of amides is 2. The molecule has 7 heteroatoms. The molecule has 0 atom stereocenters. The fourth-order valence-electron chi connectivity index (χ4n) is 1.72. The molecule has 3 N–H and O–H groups in total. The highest BCUT2D eigenvalue weighted by Crippen LogP contribution is 2.18. The summed E-state index contributed by atoms with van der Waals surface area (Å²) in [6, 6.07) is 1.42. The third kappa shape index (κ3) is 3.91. The number of halogens is 1. The van der Waals surface area contributed by atoms with Crippen molar-refractivity contribution in [2.75, 3.05) is 18.9 Å². The molecule has 1 aromatic rings. The zero-order chi connectivity index (χ0) is 14.5. The van der Waals surface area contributed by atoms with E-state index in [-0.39, 0.29) is 24.4 Å². The lowest BCUT2D eigenvalue weighted by Crippen LogP contribution is -2.32. The third-order valence-corrected chi connectivity index (χ3v) is 2.92. The number of pyridine rings is 1. The molecule has 1 aliphatic carbocycles. The normalized spacial score (nSPS) is 13.7. The molecule has 2 amide bonds. The maximum Gasteiger partial charge on any atom is 0.255 e. The predicted molar refractivity (Wildman–Crippen MR) is 71.9 cm³/mol. The van der Waals surface area contributed by atoms with Crippen LogP contribution in [0.4, 0.5) is 10.2 Å². The Hall–Kier alpha value is -2.18. The number of aromatic nitrogens is 1. The van der Waals surface area contributed by atoms with Gasteiger partial charge in [0.1, 0.15) is 11.6 Å². The maximum absolute atomic E-state index is 13.1. The molecule has 2 rings (SSSR count). The van der Waals surface area contributed by atoms with Crippen LogP contribution in [0.25, 0.3) is 0 Å². The lowest BCUT2D eigenvalue weighted by molar-refractivity contribution is -0.121. The summed E-state index contributed by atoms with van der Waals surface area (Å²) in [5.41, 5.74) is 0.120. The molecule has 1 heterocycles. The fraction of sp³-hybridized carbons (Fsp3) is 0.462. The monoisotopic (exact) mass is 280 g/mol. The first-order chi connectivity index (χ1) is 9.60. The van der Waals surface area contributed by atoms with E-state index >= 15 is 0 Å². The molecule has 1 aliphatic rings. The van der Waals surface area contributed by atoms with Crippen molar-refractivity contribution in [3.8, 4) is 0 Å². The summed E-state index contributed by atoms with van der Waals surface area (Å²) < 4.78 is 13.1. The molecule has 108 valence electrons. The lowest BCUT2D eigenvalue weighted by atomic mass is 10.2. The van der Waals surface area contributed by atoms with Gasteiger partial charge in [-0.05, 0) is 18.9 Å². The number of rotatable bonds is 6. The van der Waals surface area contributed by atoms with Gasteiger partial charge in [0.05, 0.1) is 11.8 Å². The molecule has 0 radical (unpaired) electrons. The number of hydrogen-bond donors (Lipinski definition) is 3. The molecule has 0 saturated heterocycles. The lowest BCUT2D eigenvalue weighted by Gasteiger charge is -2.09. The summed E-state index contributed by atoms with van der Waals surface area (Å²) in [5.74, 6) is -0.827. The van der Waals surface area contributed by atoms with Crippen LogP contribution in [-0.4, -0.2) is 36.4 Å². The van der Waals surface area contributed by atoms with Crippen molar-refractivity contribution in [1.29, 1.82) is 0 Å². The molecule has 20 heavy (non-hydrogen) atoms. The zero-order valence-corrected chi connectivity index (χ0v) is 11.2. The second-order valence-corrected chi connectivity index (χ2v) is 4.65. The first-order valence-corrected chi connectivity index (χ1v) is 6.51. The SMILES string of the molecule is CNc1ncc(F)cc1C(=O)NCCC(=O)NC1CC1. The number of nitrogens with zero attached hydrogens (tertiary/aromatic N) is 1. The third-order valence-electron chi connectivity index (χ3n) is 2.92. The van der Waals surface area contributed by atoms with Crippen LogP contribution < -0.4 is 16.0 Å².